The van der Waals surface area contributed by atoms with E-state index in [1.165, 1.54) is 10.5 Å². The molecule has 0 saturated carbocycles. The molecular weight excluding hydrogens is 352 g/mol. The van der Waals surface area contributed by atoms with Crippen LogP contribution in [0.3, 0.4) is 0 Å². The van der Waals surface area contributed by atoms with Gasteiger partial charge in [-0.25, -0.2) is 9.69 Å². The lowest BCUT2D eigenvalue weighted by Crippen LogP contribution is -2.41. The fourth-order valence-corrected chi connectivity index (χ4v) is 4.39. The molecule has 2 aliphatic rings. The van der Waals surface area contributed by atoms with Crippen LogP contribution in [0.5, 0.6) is 0 Å². The molecule has 2 aromatic carbocycles. The largest absolute Gasteiger partial charge is 0.446 e. The SMILES string of the molecule is CCC1CN(Cc2ccccc2)CC1C(=O)N1C(=O)OCC1c1ccccc1. The van der Waals surface area contributed by atoms with E-state index >= 15 is 0 Å². The Kier molecular flexibility index (Phi) is 5.44. The third kappa shape index (κ3) is 3.67. The number of cyclic esters (lactones) is 1. The van der Waals surface area contributed by atoms with Crippen molar-refractivity contribution in [2.45, 2.75) is 25.9 Å². The molecule has 0 aliphatic carbocycles. The lowest BCUT2D eigenvalue weighted by Gasteiger charge is -2.25. The number of rotatable bonds is 5. The van der Waals surface area contributed by atoms with Crippen molar-refractivity contribution < 1.29 is 14.3 Å². The van der Waals surface area contributed by atoms with Crippen LogP contribution in [0, 0.1) is 11.8 Å². The van der Waals surface area contributed by atoms with E-state index in [4.69, 9.17) is 4.74 Å². The zero-order chi connectivity index (χ0) is 19.5. The predicted octanol–water partition coefficient (Wildman–Crippen LogP) is 3.86. The molecule has 3 atom stereocenters. The molecule has 0 spiro atoms. The van der Waals surface area contributed by atoms with Gasteiger partial charge in [0.1, 0.15) is 12.6 Å². The lowest BCUT2D eigenvalue weighted by atomic mass is 9.91. The maximum absolute atomic E-state index is 13.4. The summed E-state index contributed by atoms with van der Waals surface area (Å²) in [6.45, 7) is 4.73. The Bertz CT molecular complexity index is 824. The molecule has 0 N–H and O–H groups in total. The predicted molar refractivity (Wildman–Crippen MR) is 106 cm³/mol. The van der Waals surface area contributed by atoms with Crippen LogP contribution in [0.4, 0.5) is 4.79 Å². The minimum atomic E-state index is -0.518. The van der Waals surface area contributed by atoms with Crippen molar-refractivity contribution in [1.29, 1.82) is 0 Å². The highest BCUT2D eigenvalue weighted by Crippen LogP contribution is 2.34. The van der Waals surface area contributed by atoms with E-state index in [1.807, 2.05) is 48.5 Å². The molecule has 5 heteroatoms. The summed E-state index contributed by atoms with van der Waals surface area (Å²) >= 11 is 0. The number of imide groups is 1. The highest BCUT2D eigenvalue weighted by molar-refractivity contribution is 5.95. The second kappa shape index (κ2) is 8.15. The van der Waals surface area contributed by atoms with E-state index in [1.54, 1.807) is 0 Å². The Labute approximate surface area is 165 Å². The fourth-order valence-electron chi connectivity index (χ4n) is 4.39. The summed E-state index contributed by atoms with van der Waals surface area (Å²) in [5.41, 5.74) is 2.18. The smallest absolute Gasteiger partial charge is 0.417 e. The van der Waals surface area contributed by atoms with Gasteiger partial charge in [0, 0.05) is 19.6 Å². The van der Waals surface area contributed by atoms with Crippen LogP contribution in [0.1, 0.15) is 30.5 Å². The molecule has 2 aromatic rings. The van der Waals surface area contributed by atoms with Gasteiger partial charge in [0.15, 0.2) is 0 Å². The van der Waals surface area contributed by atoms with Gasteiger partial charge in [0.25, 0.3) is 0 Å². The van der Waals surface area contributed by atoms with Crippen LogP contribution in [0.15, 0.2) is 60.7 Å². The van der Waals surface area contributed by atoms with Crippen LogP contribution < -0.4 is 0 Å². The van der Waals surface area contributed by atoms with Crippen molar-refractivity contribution in [1.82, 2.24) is 9.80 Å². The molecule has 2 fully saturated rings. The van der Waals surface area contributed by atoms with Gasteiger partial charge in [-0.2, -0.15) is 0 Å². The maximum Gasteiger partial charge on any atom is 0.417 e. The van der Waals surface area contributed by atoms with Gasteiger partial charge in [0.2, 0.25) is 5.91 Å². The fraction of sp³-hybridized carbons (Fsp3) is 0.391. The van der Waals surface area contributed by atoms with E-state index in [9.17, 15) is 9.59 Å². The first kappa shape index (κ1) is 18.7. The number of carbonyl (C=O) groups excluding carboxylic acids is 2. The number of nitrogens with zero attached hydrogens (tertiary/aromatic N) is 2. The van der Waals surface area contributed by atoms with Crippen molar-refractivity contribution in [2.75, 3.05) is 19.7 Å². The third-order valence-corrected chi connectivity index (χ3v) is 5.90. The summed E-state index contributed by atoms with van der Waals surface area (Å²) in [5.74, 6) is -0.0228. The van der Waals surface area contributed by atoms with Gasteiger partial charge in [-0.3, -0.25) is 9.69 Å². The third-order valence-electron chi connectivity index (χ3n) is 5.90. The Balaban J connectivity index is 1.51. The van der Waals surface area contributed by atoms with E-state index in [2.05, 4.69) is 24.0 Å². The molecule has 0 bridgehead atoms. The van der Waals surface area contributed by atoms with Crippen molar-refractivity contribution in [2.24, 2.45) is 11.8 Å². The Morgan fingerprint density at radius 1 is 1.04 bits per heavy atom. The van der Waals surface area contributed by atoms with Gasteiger partial charge < -0.3 is 4.74 Å². The minimum absolute atomic E-state index is 0.0984. The van der Waals surface area contributed by atoms with Gasteiger partial charge >= 0.3 is 6.09 Å². The summed E-state index contributed by atoms with van der Waals surface area (Å²) < 4.78 is 5.26. The van der Waals surface area contributed by atoms with Gasteiger partial charge in [-0.05, 0) is 17.0 Å². The Morgan fingerprint density at radius 2 is 1.71 bits per heavy atom. The van der Waals surface area contributed by atoms with Crippen molar-refractivity contribution in [3.8, 4) is 0 Å². The number of likely N-dealkylation sites (tertiary alicyclic amines) is 1. The highest BCUT2D eigenvalue weighted by Gasteiger charge is 2.46. The number of hydrogen-bond acceptors (Lipinski definition) is 4. The summed E-state index contributed by atoms with van der Waals surface area (Å²) in [7, 11) is 0. The molecule has 4 rings (SSSR count). The number of amides is 2. The quantitative estimate of drug-likeness (QED) is 0.793. The zero-order valence-corrected chi connectivity index (χ0v) is 16.2. The van der Waals surface area contributed by atoms with Crippen molar-refractivity contribution in [3.05, 3.63) is 71.8 Å². The topological polar surface area (TPSA) is 49.9 Å². The summed E-state index contributed by atoms with van der Waals surface area (Å²) in [4.78, 5) is 29.5. The van der Waals surface area contributed by atoms with Gasteiger partial charge in [-0.15, -0.1) is 0 Å². The summed E-state index contributed by atoms with van der Waals surface area (Å²) in [6, 6.07) is 19.6. The van der Waals surface area contributed by atoms with E-state index < -0.39 is 6.09 Å². The molecule has 3 unspecified atom stereocenters. The molecule has 0 radical (unpaired) electrons. The van der Waals surface area contributed by atoms with Crippen LogP contribution in [-0.4, -0.2) is 41.5 Å². The summed E-state index contributed by atoms with van der Waals surface area (Å²) in [5, 5.41) is 0. The van der Waals surface area contributed by atoms with E-state index in [0.717, 1.165) is 25.1 Å². The minimum Gasteiger partial charge on any atom is -0.446 e. The molecule has 146 valence electrons. The van der Waals surface area contributed by atoms with Crippen LogP contribution in [-0.2, 0) is 16.1 Å². The zero-order valence-electron chi connectivity index (χ0n) is 16.2. The normalized spacial score (nSPS) is 25.1. The molecule has 2 amide bonds. The molecule has 5 nitrogen and oxygen atoms in total. The van der Waals surface area contributed by atoms with E-state index in [0.29, 0.717) is 6.54 Å². The first-order chi connectivity index (χ1) is 13.7. The molecule has 28 heavy (non-hydrogen) atoms. The highest BCUT2D eigenvalue weighted by atomic mass is 16.6. The Morgan fingerprint density at radius 3 is 2.39 bits per heavy atom. The lowest BCUT2D eigenvalue weighted by molar-refractivity contribution is -0.134. The number of hydrogen-bond donors (Lipinski definition) is 0. The van der Waals surface area contributed by atoms with Crippen LogP contribution in [0.2, 0.25) is 0 Å². The average molecular weight is 378 g/mol. The molecule has 0 aromatic heterocycles. The maximum atomic E-state index is 13.4. The number of carbonyl (C=O) groups is 2. The average Bonchev–Trinajstić information content (AvgIpc) is 3.32. The van der Waals surface area contributed by atoms with Crippen molar-refractivity contribution >= 4 is 12.0 Å². The van der Waals surface area contributed by atoms with Crippen LogP contribution >= 0.6 is 0 Å². The standard InChI is InChI=1S/C23H26N2O3/c1-2-18-14-24(13-17-9-5-3-6-10-17)15-20(18)22(26)25-21(16-28-23(25)27)19-11-7-4-8-12-19/h3-12,18,20-21H,2,13-16H2,1H3. The molecule has 2 heterocycles. The number of ether oxygens (including phenoxy) is 1. The van der Waals surface area contributed by atoms with Crippen LogP contribution in [0.25, 0.3) is 0 Å². The Hall–Kier alpha value is -2.66. The molecular formula is C23H26N2O3. The van der Waals surface area contributed by atoms with Crippen molar-refractivity contribution in [3.63, 3.8) is 0 Å². The number of benzene rings is 2. The monoisotopic (exact) mass is 378 g/mol. The molecule has 2 aliphatic heterocycles. The first-order valence-electron chi connectivity index (χ1n) is 9.98. The van der Waals surface area contributed by atoms with Gasteiger partial charge in [0.05, 0.1) is 5.92 Å². The first-order valence-corrected chi connectivity index (χ1v) is 9.98. The van der Waals surface area contributed by atoms with Gasteiger partial charge in [-0.1, -0.05) is 74.0 Å². The van der Waals surface area contributed by atoms with E-state index in [-0.39, 0.29) is 30.4 Å². The second-order valence-electron chi connectivity index (χ2n) is 7.67. The second-order valence-corrected chi connectivity index (χ2v) is 7.67. The molecule has 2 saturated heterocycles. The summed E-state index contributed by atoms with van der Waals surface area (Å²) in [6.07, 6.45) is 0.399.